The molecule has 2 saturated heterocycles. The second-order valence-corrected chi connectivity index (χ2v) is 17.1. The Balaban J connectivity index is 1.77. The summed E-state index contributed by atoms with van der Waals surface area (Å²) in [6, 6.07) is 6.86. The number of likely N-dealkylation sites (N-methyl/N-ethyl adjacent to an activating group) is 2. The number of carbonyl (C=O) groups excluding carboxylic acids is 5. The van der Waals surface area contributed by atoms with Crippen LogP contribution in [0.1, 0.15) is 85.6 Å². The average molecular weight is 814 g/mol. The number of carbonyl (C=O) groups is 5. The van der Waals surface area contributed by atoms with Gasteiger partial charge in [-0.05, 0) is 83.1 Å². The molecule has 0 spiro atoms. The Kier molecular flexibility index (Phi) is 20.1. The van der Waals surface area contributed by atoms with Crippen LogP contribution in [0.5, 0.6) is 0 Å². The third-order valence-electron chi connectivity index (χ3n) is 12.6. The Morgan fingerprint density at radius 1 is 0.879 bits per heavy atom. The van der Waals surface area contributed by atoms with Crippen LogP contribution in [-0.2, 0) is 39.9 Å². The molecule has 3 rings (SSSR count). The summed E-state index contributed by atoms with van der Waals surface area (Å²) in [4.78, 5) is 74.4. The first-order valence-electron chi connectivity index (χ1n) is 21.5. The number of hydrogen-bond donors (Lipinski definition) is 4. The summed E-state index contributed by atoms with van der Waals surface area (Å²) in [5.41, 5.74) is 0.937. The molecule has 328 valence electrons. The Morgan fingerprint density at radius 3 is 2.10 bits per heavy atom. The van der Waals surface area contributed by atoms with Crippen LogP contribution < -0.4 is 21.3 Å². The van der Waals surface area contributed by atoms with Gasteiger partial charge in [0.15, 0.2) is 0 Å². The molecule has 2 heterocycles. The second kappa shape index (κ2) is 23.9. The van der Waals surface area contributed by atoms with Gasteiger partial charge < -0.3 is 40.5 Å². The molecule has 0 unspecified atom stereocenters. The highest BCUT2D eigenvalue weighted by molar-refractivity contribution is 5.90. The fourth-order valence-electron chi connectivity index (χ4n) is 8.36. The highest BCUT2D eigenvalue weighted by atomic mass is 16.5. The Hall–Kier alpha value is -3.59. The Bertz CT molecular complexity index is 1460. The number of hydrogen-bond acceptors (Lipinski definition) is 9. The fraction of sp³-hybridized carbons (Fsp3) is 0.750. The molecule has 14 nitrogen and oxygen atoms in total. The molecule has 1 aromatic rings. The van der Waals surface area contributed by atoms with E-state index in [1.807, 2.05) is 72.1 Å². The predicted octanol–water partition coefficient (Wildman–Crippen LogP) is 2.84. The largest absolute Gasteiger partial charge is 0.379 e. The van der Waals surface area contributed by atoms with E-state index in [-0.39, 0.29) is 53.8 Å². The van der Waals surface area contributed by atoms with Crippen molar-refractivity contribution in [2.45, 2.75) is 129 Å². The first-order valence-corrected chi connectivity index (χ1v) is 21.5. The van der Waals surface area contributed by atoms with Crippen molar-refractivity contribution in [2.24, 2.45) is 23.7 Å². The number of piperidine rings is 1. The molecule has 5 amide bonds. The topological polar surface area (TPSA) is 162 Å². The molecule has 0 radical (unpaired) electrons. The van der Waals surface area contributed by atoms with Crippen molar-refractivity contribution in [1.82, 2.24) is 36.0 Å². The molecule has 4 N–H and O–H groups in total. The molecular weight excluding hydrogens is 739 g/mol. The maximum absolute atomic E-state index is 14.3. The zero-order chi connectivity index (χ0) is 43.1. The third-order valence-corrected chi connectivity index (χ3v) is 12.6. The van der Waals surface area contributed by atoms with Crippen molar-refractivity contribution in [2.75, 3.05) is 61.5 Å². The van der Waals surface area contributed by atoms with Gasteiger partial charge in [0.2, 0.25) is 29.5 Å². The van der Waals surface area contributed by atoms with Crippen molar-refractivity contribution in [3.63, 3.8) is 0 Å². The van der Waals surface area contributed by atoms with Crippen LogP contribution in [0.4, 0.5) is 0 Å². The van der Waals surface area contributed by atoms with E-state index in [0.717, 1.165) is 44.3 Å². The molecule has 58 heavy (non-hydrogen) atoms. The number of methoxy groups -OCH3 is 2. The lowest BCUT2D eigenvalue weighted by molar-refractivity contribution is -0.148. The minimum Gasteiger partial charge on any atom is -0.379 e. The molecule has 0 saturated carbocycles. The average Bonchev–Trinajstić information content (AvgIpc) is 3.71. The van der Waals surface area contributed by atoms with Crippen molar-refractivity contribution >= 4 is 29.5 Å². The number of ether oxygens (including phenoxy) is 2. The van der Waals surface area contributed by atoms with Crippen molar-refractivity contribution in [3.8, 4) is 0 Å². The number of likely N-dealkylation sites (tertiary alicyclic amines) is 1. The van der Waals surface area contributed by atoms with E-state index in [9.17, 15) is 24.0 Å². The van der Waals surface area contributed by atoms with E-state index in [4.69, 9.17) is 9.47 Å². The van der Waals surface area contributed by atoms with Crippen LogP contribution >= 0.6 is 0 Å². The quantitative estimate of drug-likeness (QED) is 0.138. The van der Waals surface area contributed by atoms with Gasteiger partial charge >= 0.3 is 0 Å². The van der Waals surface area contributed by atoms with Gasteiger partial charge in [-0.2, -0.15) is 0 Å². The van der Waals surface area contributed by atoms with Crippen molar-refractivity contribution in [1.29, 1.82) is 0 Å². The van der Waals surface area contributed by atoms with Crippen LogP contribution in [-0.4, -0.2) is 148 Å². The number of rotatable bonds is 22. The molecule has 14 heteroatoms. The standard InChI is InChI=1S/C44H75N7O7/c1-12-29(4)39(50(9)44(56)38(28(2)3)48-42(54)31(6)49(7)8)36(57-10)26-37(52)51-24-16-19-35(51)40(58-11)30(5)41(53)47-34(25-32-17-14-13-15-18-32)43(55)46-27-33-20-22-45-23-21-33/h13-15,17-18,28-31,33-36,38-40,45H,12,16,19-27H2,1-11H3,(H,46,55)(H,47,53)(H,48,54)/t29-,30+,31-,34-,35-,36+,38-,39-,40+/m0/s1. The summed E-state index contributed by atoms with van der Waals surface area (Å²) in [7, 11) is 8.48. The predicted molar refractivity (Wildman–Crippen MR) is 227 cm³/mol. The smallest absolute Gasteiger partial charge is 0.245 e. The minimum atomic E-state index is -0.780. The van der Waals surface area contributed by atoms with Crippen molar-refractivity contribution < 1.29 is 33.4 Å². The van der Waals surface area contributed by atoms with Gasteiger partial charge in [0.05, 0.1) is 42.7 Å². The molecular formula is C44H75N7O7. The maximum atomic E-state index is 14.3. The van der Waals surface area contributed by atoms with E-state index in [0.29, 0.717) is 31.8 Å². The van der Waals surface area contributed by atoms with E-state index in [2.05, 4.69) is 21.3 Å². The monoisotopic (exact) mass is 814 g/mol. The van der Waals surface area contributed by atoms with Gasteiger partial charge in [-0.15, -0.1) is 0 Å². The number of benzene rings is 1. The molecule has 0 aliphatic carbocycles. The molecule has 2 fully saturated rings. The van der Waals surface area contributed by atoms with Crippen LogP contribution in [0.15, 0.2) is 30.3 Å². The highest BCUT2D eigenvalue weighted by Crippen LogP contribution is 2.30. The SMILES string of the molecule is CC[C@H](C)[C@@H]([C@@H](CC(=O)N1CCC[C@H]1[C@H](OC)[C@@H](C)C(=O)N[C@@H](Cc1ccccc1)C(=O)NCC1CCNCC1)OC)N(C)C(=O)[C@@H](NC(=O)[C@H](C)N(C)C)C(C)C. The van der Waals surface area contributed by atoms with E-state index >= 15 is 0 Å². The number of nitrogens with zero attached hydrogens (tertiary/aromatic N) is 3. The lowest BCUT2D eigenvalue weighted by atomic mass is 9.89. The Morgan fingerprint density at radius 2 is 1.53 bits per heavy atom. The molecule has 9 atom stereocenters. The normalized spacial score (nSPS) is 20.4. The number of amides is 5. The zero-order valence-electron chi connectivity index (χ0n) is 37.2. The summed E-state index contributed by atoms with van der Waals surface area (Å²) in [5, 5.41) is 12.5. The molecule has 0 bridgehead atoms. The molecule has 1 aromatic carbocycles. The summed E-state index contributed by atoms with van der Waals surface area (Å²) in [6.07, 6.45) is 3.21. The van der Waals surface area contributed by atoms with E-state index in [1.165, 1.54) is 0 Å². The summed E-state index contributed by atoms with van der Waals surface area (Å²) < 4.78 is 12.1. The zero-order valence-corrected chi connectivity index (χ0v) is 37.2. The van der Waals surface area contributed by atoms with Gasteiger partial charge in [-0.25, -0.2) is 0 Å². The first kappa shape index (κ1) is 48.8. The van der Waals surface area contributed by atoms with Gasteiger partial charge in [0, 0.05) is 40.8 Å². The van der Waals surface area contributed by atoms with Crippen LogP contribution in [0.3, 0.4) is 0 Å². The molecule has 0 aromatic heterocycles. The molecule has 2 aliphatic heterocycles. The molecule has 2 aliphatic rings. The fourth-order valence-corrected chi connectivity index (χ4v) is 8.36. The summed E-state index contributed by atoms with van der Waals surface area (Å²) >= 11 is 0. The highest BCUT2D eigenvalue weighted by Gasteiger charge is 2.43. The van der Waals surface area contributed by atoms with Crippen LogP contribution in [0.25, 0.3) is 0 Å². The lowest BCUT2D eigenvalue weighted by Gasteiger charge is -2.41. The van der Waals surface area contributed by atoms with E-state index < -0.39 is 42.3 Å². The second-order valence-electron chi connectivity index (χ2n) is 17.1. The summed E-state index contributed by atoms with van der Waals surface area (Å²) in [5.74, 6) is -1.64. The van der Waals surface area contributed by atoms with Crippen molar-refractivity contribution in [3.05, 3.63) is 35.9 Å². The van der Waals surface area contributed by atoms with Gasteiger partial charge in [-0.1, -0.05) is 71.4 Å². The van der Waals surface area contributed by atoms with E-state index in [1.54, 1.807) is 49.8 Å². The Labute approximate surface area is 348 Å². The van der Waals surface area contributed by atoms with Gasteiger partial charge in [0.25, 0.3) is 0 Å². The van der Waals surface area contributed by atoms with Gasteiger partial charge in [0.1, 0.15) is 12.1 Å². The maximum Gasteiger partial charge on any atom is 0.245 e. The summed E-state index contributed by atoms with van der Waals surface area (Å²) in [6.45, 7) is 14.4. The minimum absolute atomic E-state index is 0.0172. The lowest BCUT2D eigenvalue weighted by Crippen LogP contribution is -2.59. The first-order chi connectivity index (χ1) is 27.6. The van der Waals surface area contributed by atoms with Crippen LogP contribution in [0, 0.1) is 23.7 Å². The number of nitrogens with one attached hydrogen (secondary N) is 4. The third kappa shape index (κ3) is 13.5. The van der Waals surface area contributed by atoms with Gasteiger partial charge in [-0.3, -0.25) is 28.9 Å². The van der Waals surface area contributed by atoms with Crippen LogP contribution in [0.2, 0.25) is 0 Å².